The van der Waals surface area contributed by atoms with Gasteiger partial charge in [0, 0.05) is 31.1 Å². The molecule has 3 atom stereocenters. The van der Waals surface area contributed by atoms with Crippen LogP contribution in [0.4, 0.5) is 0 Å². The number of hydrogen-bond acceptors (Lipinski definition) is 5. The van der Waals surface area contributed by atoms with E-state index in [1.165, 1.54) is 37.1 Å². The van der Waals surface area contributed by atoms with E-state index in [0.717, 1.165) is 30.5 Å². The van der Waals surface area contributed by atoms with Crippen LogP contribution in [0.5, 0.6) is 17.2 Å². The molecule has 2 aromatic carbocycles. The van der Waals surface area contributed by atoms with Gasteiger partial charge in [-0.3, -0.25) is 9.80 Å². The summed E-state index contributed by atoms with van der Waals surface area (Å²) in [7, 11) is 0. The van der Waals surface area contributed by atoms with Crippen LogP contribution in [-0.4, -0.2) is 53.4 Å². The zero-order valence-corrected chi connectivity index (χ0v) is 16.0. The van der Waals surface area contributed by atoms with E-state index in [0.29, 0.717) is 30.5 Å². The molecule has 4 saturated heterocycles. The summed E-state index contributed by atoms with van der Waals surface area (Å²) in [4.78, 5) is 5.43. The van der Waals surface area contributed by atoms with E-state index in [2.05, 4.69) is 40.1 Å². The smallest absolute Gasteiger partial charge is 0.231 e. The highest BCUT2D eigenvalue weighted by Crippen LogP contribution is 2.48. The maximum Gasteiger partial charge on any atom is 0.231 e. The minimum absolute atomic E-state index is 0.330. The van der Waals surface area contributed by atoms with E-state index in [1.807, 2.05) is 0 Å². The molecule has 2 aromatic rings. The highest BCUT2D eigenvalue weighted by atomic mass is 16.7. The van der Waals surface area contributed by atoms with Crippen LogP contribution in [0.3, 0.4) is 0 Å². The monoisotopic (exact) mass is 378 g/mol. The van der Waals surface area contributed by atoms with E-state index in [1.54, 1.807) is 12.1 Å². The maximum absolute atomic E-state index is 9.62. The zero-order valence-electron chi connectivity index (χ0n) is 16.0. The average Bonchev–Trinajstić information content (AvgIpc) is 3.36. The van der Waals surface area contributed by atoms with Crippen molar-refractivity contribution in [1.29, 1.82) is 0 Å². The lowest BCUT2D eigenvalue weighted by Gasteiger charge is -2.51. The number of ether oxygens (including phenoxy) is 2. The fraction of sp³-hybridized carbons (Fsp3) is 0.478. The predicted molar refractivity (Wildman–Crippen MR) is 106 cm³/mol. The first-order valence-corrected chi connectivity index (χ1v) is 10.4. The summed E-state index contributed by atoms with van der Waals surface area (Å²) in [6.07, 6.45) is 2.64. The van der Waals surface area contributed by atoms with Crippen LogP contribution in [0.15, 0.2) is 42.5 Å². The number of phenolic OH excluding ortho intramolecular Hbond substituents is 1. The zero-order chi connectivity index (χ0) is 18.7. The number of phenols is 1. The molecule has 0 radical (unpaired) electrons. The van der Waals surface area contributed by atoms with E-state index < -0.39 is 0 Å². The average molecular weight is 378 g/mol. The van der Waals surface area contributed by atoms with Crippen molar-refractivity contribution < 1.29 is 14.6 Å². The molecule has 28 heavy (non-hydrogen) atoms. The molecule has 0 spiro atoms. The predicted octanol–water partition coefficient (Wildman–Crippen LogP) is 3.18. The van der Waals surface area contributed by atoms with Gasteiger partial charge in [-0.15, -0.1) is 0 Å². The Bertz CT molecular complexity index is 876. The Balaban J connectivity index is 1.33. The van der Waals surface area contributed by atoms with Crippen molar-refractivity contribution in [2.45, 2.75) is 37.4 Å². The molecular weight excluding hydrogens is 352 g/mol. The van der Waals surface area contributed by atoms with Gasteiger partial charge in [0.2, 0.25) is 6.79 Å². The van der Waals surface area contributed by atoms with Gasteiger partial charge >= 0.3 is 0 Å². The van der Waals surface area contributed by atoms with Crippen LogP contribution in [0.1, 0.15) is 29.9 Å². The molecule has 5 aliphatic heterocycles. The third-order valence-electron chi connectivity index (χ3n) is 7.24. The quantitative estimate of drug-likeness (QED) is 0.889. The van der Waals surface area contributed by atoms with Gasteiger partial charge in [0.15, 0.2) is 11.5 Å². The van der Waals surface area contributed by atoms with Crippen LogP contribution in [-0.2, 0) is 6.54 Å². The molecule has 5 nitrogen and oxygen atoms in total. The first kappa shape index (κ1) is 16.7. The molecule has 5 heteroatoms. The van der Waals surface area contributed by atoms with Crippen molar-refractivity contribution in [3.8, 4) is 17.2 Å². The van der Waals surface area contributed by atoms with Crippen LogP contribution in [0.2, 0.25) is 0 Å². The van der Waals surface area contributed by atoms with Gasteiger partial charge < -0.3 is 14.6 Å². The van der Waals surface area contributed by atoms with Crippen molar-refractivity contribution in [1.82, 2.24) is 9.80 Å². The van der Waals surface area contributed by atoms with E-state index in [-0.39, 0.29) is 0 Å². The Morgan fingerprint density at radius 3 is 2.54 bits per heavy atom. The molecule has 0 aliphatic carbocycles. The molecule has 0 saturated carbocycles. The van der Waals surface area contributed by atoms with E-state index in [4.69, 9.17) is 9.47 Å². The van der Waals surface area contributed by atoms with Crippen molar-refractivity contribution in [3.05, 3.63) is 53.6 Å². The molecule has 0 amide bonds. The SMILES string of the molecule is Oc1ccc(CN2C[C@H](c3ccc4c(c3)OCO4)[C@H]3[C@@H]2C2CCN3CC2)cc1. The summed E-state index contributed by atoms with van der Waals surface area (Å²) in [5.74, 6) is 3.39. The van der Waals surface area contributed by atoms with Crippen LogP contribution < -0.4 is 9.47 Å². The summed E-state index contributed by atoms with van der Waals surface area (Å²) in [6.45, 7) is 4.83. The molecule has 146 valence electrons. The summed E-state index contributed by atoms with van der Waals surface area (Å²) >= 11 is 0. The summed E-state index contributed by atoms with van der Waals surface area (Å²) < 4.78 is 11.2. The van der Waals surface area contributed by atoms with Crippen molar-refractivity contribution in [3.63, 3.8) is 0 Å². The van der Waals surface area contributed by atoms with Gasteiger partial charge in [0.1, 0.15) is 5.75 Å². The normalized spacial score (nSPS) is 33.2. The fourth-order valence-electron chi connectivity index (χ4n) is 6.00. The second kappa shape index (κ2) is 6.39. The van der Waals surface area contributed by atoms with Gasteiger partial charge in [-0.05, 0) is 67.2 Å². The molecule has 0 aromatic heterocycles. The van der Waals surface area contributed by atoms with Crippen LogP contribution >= 0.6 is 0 Å². The lowest BCUT2D eigenvalue weighted by atomic mass is 9.75. The third-order valence-corrected chi connectivity index (χ3v) is 7.24. The maximum atomic E-state index is 9.62. The van der Waals surface area contributed by atoms with Crippen LogP contribution in [0, 0.1) is 5.92 Å². The standard InChI is InChI=1S/C23H26N2O3/c26-18-4-1-15(2-5-18)12-25-13-19(17-3-6-20-21(11-17)28-14-27-20)23-22(25)16-7-9-24(23)10-8-16/h1-6,11,16,19,22-23,26H,7-10,12-14H2/t19-,22+,23+/m1/s1. The first-order chi connectivity index (χ1) is 13.8. The Kier molecular flexibility index (Phi) is 3.81. The molecule has 2 bridgehead atoms. The Morgan fingerprint density at radius 2 is 1.71 bits per heavy atom. The summed E-state index contributed by atoms with van der Waals surface area (Å²) in [5, 5.41) is 9.62. The molecule has 1 N–H and O–H groups in total. The lowest BCUT2D eigenvalue weighted by Crippen LogP contribution is -2.59. The highest BCUT2D eigenvalue weighted by Gasteiger charge is 2.53. The Morgan fingerprint density at radius 1 is 0.929 bits per heavy atom. The number of likely N-dealkylation sites (tertiary alicyclic amines) is 1. The largest absolute Gasteiger partial charge is 0.508 e. The fourth-order valence-corrected chi connectivity index (χ4v) is 6.00. The summed E-state index contributed by atoms with van der Waals surface area (Å²) in [6, 6.07) is 15.4. The molecule has 7 rings (SSSR count). The first-order valence-electron chi connectivity index (χ1n) is 10.4. The number of piperidine rings is 3. The number of fused-ring (bicyclic) bond motifs is 3. The number of benzene rings is 2. The molecule has 4 fully saturated rings. The summed E-state index contributed by atoms with van der Waals surface area (Å²) in [5.41, 5.74) is 2.65. The van der Waals surface area contributed by atoms with Crippen molar-refractivity contribution in [2.75, 3.05) is 26.4 Å². The van der Waals surface area contributed by atoms with Crippen molar-refractivity contribution >= 4 is 0 Å². The molecular formula is C23H26N2O3. The Labute approximate surface area is 165 Å². The third kappa shape index (κ3) is 2.60. The van der Waals surface area contributed by atoms with Crippen molar-refractivity contribution in [2.24, 2.45) is 5.92 Å². The van der Waals surface area contributed by atoms with E-state index in [9.17, 15) is 5.11 Å². The van der Waals surface area contributed by atoms with Gasteiger partial charge in [-0.2, -0.15) is 0 Å². The number of hydrogen-bond donors (Lipinski definition) is 1. The molecule has 5 heterocycles. The van der Waals surface area contributed by atoms with Gasteiger partial charge in [0.25, 0.3) is 0 Å². The highest BCUT2D eigenvalue weighted by molar-refractivity contribution is 5.46. The topological polar surface area (TPSA) is 45.2 Å². The molecule has 5 aliphatic rings. The van der Waals surface area contributed by atoms with Crippen LogP contribution in [0.25, 0.3) is 0 Å². The van der Waals surface area contributed by atoms with Gasteiger partial charge in [-0.25, -0.2) is 0 Å². The Hall–Kier alpha value is -2.24. The lowest BCUT2D eigenvalue weighted by molar-refractivity contribution is -0.00869. The second-order valence-electron chi connectivity index (χ2n) is 8.67. The number of nitrogens with zero attached hydrogens (tertiary/aromatic N) is 2. The minimum atomic E-state index is 0.330. The molecule has 0 unspecified atom stereocenters. The minimum Gasteiger partial charge on any atom is -0.508 e. The van der Waals surface area contributed by atoms with Gasteiger partial charge in [-0.1, -0.05) is 18.2 Å². The van der Waals surface area contributed by atoms with Gasteiger partial charge in [0.05, 0.1) is 0 Å². The van der Waals surface area contributed by atoms with E-state index >= 15 is 0 Å². The number of rotatable bonds is 3. The second-order valence-corrected chi connectivity index (χ2v) is 8.67. The number of aromatic hydroxyl groups is 1.